The molecule has 0 aromatic heterocycles. The van der Waals surface area contributed by atoms with Gasteiger partial charge in [-0.15, -0.1) is 0 Å². The van der Waals surface area contributed by atoms with Gasteiger partial charge in [-0.3, -0.25) is 33.6 Å². The summed E-state index contributed by atoms with van der Waals surface area (Å²) in [6.45, 7) is 18.8. The highest BCUT2D eigenvalue weighted by Gasteiger charge is 2.58. The third kappa shape index (κ3) is 17.1. The van der Waals surface area contributed by atoms with Crippen LogP contribution in [0.2, 0.25) is 0 Å². The van der Waals surface area contributed by atoms with Crippen molar-refractivity contribution < 1.29 is 90.8 Å². The number of esters is 7. The van der Waals surface area contributed by atoms with Crippen LogP contribution in [0.4, 0.5) is 0 Å². The van der Waals surface area contributed by atoms with Gasteiger partial charge in [0.1, 0.15) is 31.5 Å². The van der Waals surface area contributed by atoms with Crippen LogP contribution in [0.15, 0.2) is 36.5 Å². The molecule has 60 heavy (non-hydrogen) atoms. The fraction of sp³-hybridized carbons (Fsp3) is 0.683. The van der Waals surface area contributed by atoms with Crippen LogP contribution in [0.3, 0.4) is 0 Å². The van der Waals surface area contributed by atoms with Crippen molar-refractivity contribution in [2.75, 3.05) is 13.2 Å². The molecule has 0 spiro atoms. The van der Waals surface area contributed by atoms with Gasteiger partial charge in [0.05, 0.1) is 11.7 Å². The molecule has 0 saturated carbocycles. The number of hydrogen-bond donors (Lipinski definition) is 1. The Balaban J connectivity index is 2.74. The Morgan fingerprint density at radius 3 is 1.48 bits per heavy atom. The quantitative estimate of drug-likeness (QED) is 0.0755. The zero-order valence-electron chi connectivity index (χ0n) is 36.0. The zero-order valence-corrected chi connectivity index (χ0v) is 36.0. The molecule has 0 amide bonds. The summed E-state index contributed by atoms with van der Waals surface area (Å²) in [5.74, 6) is -6.02. The van der Waals surface area contributed by atoms with Crippen molar-refractivity contribution in [1.82, 2.24) is 0 Å². The van der Waals surface area contributed by atoms with Crippen LogP contribution in [0, 0.1) is 0 Å². The van der Waals surface area contributed by atoms with Gasteiger partial charge in [0.15, 0.2) is 43.1 Å². The Labute approximate surface area is 349 Å². The largest absolute Gasteiger partial charge is 0.463 e. The average molecular weight is 857 g/mol. The average Bonchev–Trinajstić information content (AvgIpc) is 3.11. The van der Waals surface area contributed by atoms with Crippen molar-refractivity contribution in [2.45, 2.75) is 168 Å². The first-order valence-electron chi connectivity index (χ1n) is 19.4. The highest BCUT2D eigenvalue weighted by Crippen LogP contribution is 2.37. The molecule has 0 unspecified atom stereocenters. The maximum atomic E-state index is 12.8. The van der Waals surface area contributed by atoms with E-state index in [-0.39, 0.29) is 6.42 Å². The fourth-order valence-corrected chi connectivity index (χ4v) is 6.40. The van der Waals surface area contributed by atoms with Gasteiger partial charge in [0, 0.05) is 48.5 Å². The zero-order chi connectivity index (χ0) is 45.5. The van der Waals surface area contributed by atoms with E-state index in [4.69, 9.17) is 52.1 Å². The number of ether oxygens (including phenoxy) is 11. The number of hydrogen-bond acceptors (Lipinski definition) is 19. The molecule has 0 aromatic rings. The van der Waals surface area contributed by atoms with E-state index in [1.54, 1.807) is 6.08 Å². The third-order valence-electron chi connectivity index (χ3n) is 9.02. The third-order valence-corrected chi connectivity index (χ3v) is 9.02. The monoisotopic (exact) mass is 856 g/mol. The number of carbonyl (C=O) groups excluding carboxylic acids is 7. The fourth-order valence-electron chi connectivity index (χ4n) is 6.40. The number of aliphatic hydroxyl groups is 1. The van der Waals surface area contributed by atoms with Crippen molar-refractivity contribution in [3.8, 4) is 0 Å². The summed E-state index contributed by atoms with van der Waals surface area (Å²) in [6.07, 6.45) is -11.4. The minimum Gasteiger partial charge on any atom is -0.463 e. The van der Waals surface area contributed by atoms with E-state index in [2.05, 4.69) is 13.2 Å². The van der Waals surface area contributed by atoms with Crippen molar-refractivity contribution in [1.29, 1.82) is 0 Å². The molecule has 0 radical (unpaired) electrons. The lowest BCUT2D eigenvalue weighted by atomic mass is 9.93. The molecular formula is C41H60O19. The van der Waals surface area contributed by atoms with E-state index in [1.807, 2.05) is 13.0 Å². The predicted molar refractivity (Wildman–Crippen MR) is 206 cm³/mol. The summed E-state index contributed by atoms with van der Waals surface area (Å²) >= 11 is 0. The van der Waals surface area contributed by atoms with Gasteiger partial charge < -0.3 is 57.2 Å². The standard InChI is InChI=1S/C41H60O19/c1-13-21(2)15-14-16-22(3)17-18-32(41(11,12)49)59-39-37(55-28(9)47)36(54-27(8)46)34(31(57-39)20-51-24(5)43)60-40-38(56-29(10)48)35(53-26(7)45)33(52-25(6)44)30(58-40)19-50-23(4)42/h13,16,30-40,49H,1-2,14-15,17-20H2,3-12H3/b22-16+/t30-,31-,32-,33-,34-,35+,36+,37-,38-,39+,40+/m1/s1. The van der Waals surface area contributed by atoms with Gasteiger partial charge in [-0.1, -0.05) is 36.5 Å². The lowest BCUT2D eigenvalue weighted by molar-refractivity contribution is -0.367. The minimum atomic E-state index is -1.84. The van der Waals surface area contributed by atoms with Crippen LogP contribution < -0.4 is 0 Å². The van der Waals surface area contributed by atoms with Crippen molar-refractivity contribution in [3.63, 3.8) is 0 Å². The molecule has 19 nitrogen and oxygen atoms in total. The van der Waals surface area contributed by atoms with Gasteiger partial charge in [-0.05, 0) is 46.5 Å². The smallest absolute Gasteiger partial charge is 0.303 e. The molecular weight excluding hydrogens is 796 g/mol. The molecule has 0 aliphatic carbocycles. The molecule has 2 aliphatic rings. The molecule has 0 bridgehead atoms. The minimum absolute atomic E-state index is 0.235. The summed E-state index contributed by atoms with van der Waals surface area (Å²) in [7, 11) is 0. The van der Waals surface area contributed by atoms with Gasteiger partial charge in [-0.25, -0.2) is 0 Å². The first-order valence-corrected chi connectivity index (χ1v) is 19.4. The molecule has 338 valence electrons. The maximum absolute atomic E-state index is 12.8. The summed E-state index contributed by atoms with van der Waals surface area (Å²) in [4.78, 5) is 86.8. The first-order chi connectivity index (χ1) is 27.9. The number of carbonyl (C=O) groups is 7. The Morgan fingerprint density at radius 2 is 1.03 bits per heavy atom. The van der Waals surface area contributed by atoms with Crippen LogP contribution in [0.1, 0.15) is 94.9 Å². The van der Waals surface area contributed by atoms with E-state index in [0.717, 1.165) is 59.6 Å². The van der Waals surface area contributed by atoms with E-state index >= 15 is 0 Å². The summed E-state index contributed by atoms with van der Waals surface area (Å²) < 4.78 is 63.6. The van der Waals surface area contributed by atoms with Gasteiger partial charge in [-0.2, -0.15) is 0 Å². The molecule has 2 aliphatic heterocycles. The second kappa shape index (κ2) is 23.9. The number of allylic oxidation sites excluding steroid dienone is 4. The van der Waals surface area contributed by atoms with E-state index in [9.17, 15) is 38.7 Å². The van der Waals surface area contributed by atoms with Crippen LogP contribution >= 0.6 is 0 Å². The first kappa shape index (κ1) is 51.5. The molecule has 2 heterocycles. The molecule has 1 N–H and O–H groups in total. The second-order valence-corrected chi connectivity index (χ2v) is 14.9. The lowest BCUT2D eigenvalue weighted by Gasteiger charge is -2.49. The van der Waals surface area contributed by atoms with Gasteiger partial charge in [0.25, 0.3) is 0 Å². The van der Waals surface area contributed by atoms with Gasteiger partial charge in [0.2, 0.25) is 0 Å². The Bertz CT molecular complexity index is 1580. The molecule has 11 atom stereocenters. The van der Waals surface area contributed by atoms with Crippen LogP contribution in [-0.2, 0) is 85.7 Å². The molecule has 2 rings (SSSR count). The summed E-state index contributed by atoms with van der Waals surface area (Å²) in [5.41, 5.74) is 0.338. The summed E-state index contributed by atoms with van der Waals surface area (Å²) in [5, 5.41) is 11.3. The van der Waals surface area contributed by atoms with E-state index in [0.29, 0.717) is 19.3 Å². The highest BCUT2D eigenvalue weighted by molar-refractivity contribution is 5.69. The Morgan fingerprint density at radius 1 is 0.617 bits per heavy atom. The van der Waals surface area contributed by atoms with Crippen molar-refractivity contribution in [3.05, 3.63) is 36.5 Å². The van der Waals surface area contributed by atoms with Crippen molar-refractivity contribution >= 4 is 41.8 Å². The van der Waals surface area contributed by atoms with E-state index in [1.165, 1.54) is 13.8 Å². The van der Waals surface area contributed by atoms with Crippen LogP contribution in [0.5, 0.6) is 0 Å². The second-order valence-electron chi connectivity index (χ2n) is 14.9. The predicted octanol–water partition coefficient (Wildman–Crippen LogP) is 3.01. The molecule has 2 saturated heterocycles. The highest BCUT2D eigenvalue weighted by atomic mass is 16.8. The lowest BCUT2D eigenvalue weighted by Crippen LogP contribution is -2.67. The van der Waals surface area contributed by atoms with E-state index < -0.39 is 128 Å². The molecule has 19 heteroatoms. The topological polar surface area (TPSA) is 241 Å². The van der Waals surface area contributed by atoms with Crippen LogP contribution in [-0.4, -0.2) is 133 Å². The van der Waals surface area contributed by atoms with Gasteiger partial charge >= 0.3 is 41.8 Å². The SMILES string of the molecule is C=CC(=C)CC/C=C(\C)CC[C@@H](O[C@@H]1O[C@H](COC(C)=O)[C@@H](O[C@@H]2O[C@H](COC(C)=O)[C@@H](OC(C)=O)[C@H](OC(C)=O)[C@H]2OC(C)=O)[C@H](OC(C)=O)[C@H]1OC(C)=O)C(C)(C)O. The molecule has 0 aromatic carbocycles. The number of rotatable bonds is 21. The summed E-state index contributed by atoms with van der Waals surface area (Å²) in [6, 6.07) is 0. The van der Waals surface area contributed by atoms with Crippen molar-refractivity contribution in [2.24, 2.45) is 0 Å². The van der Waals surface area contributed by atoms with Crippen LogP contribution in [0.25, 0.3) is 0 Å². The Hall–Kier alpha value is -4.69. The Kier molecular flexibility index (Phi) is 20.5. The maximum Gasteiger partial charge on any atom is 0.303 e. The normalized spacial score (nSPS) is 27.3. The molecule has 2 fully saturated rings.